The minimum Gasteiger partial charge on any atom is -0.508 e. The van der Waals surface area contributed by atoms with Crippen LogP contribution in [0.1, 0.15) is 15.9 Å². The minimum atomic E-state index is -0.763. The van der Waals surface area contributed by atoms with Crippen LogP contribution >= 0.6 is 0 Å². The lowest BCUT2D eigenvalue weighted by Gasteiger charge is -2.05. The number of benzene rings is 2. The van der Waals surface area contributed by atoms with Crippen molar-refractivity contribution in [1.29, 1.82) is 0 Å². The maximum Gasteiger partial charge on any atom is 0.315 e. The monoisotopic (exact) mass is 331 g/mol. The number of nitrogens with one attached hydrogen (secondary N) is 1. The van der Waals surface area contributed by atoms with Crippen molar-refractivity contribution >= 4 is 17.8 Å². The number of hydrazone groups is 1. The van der Waals surface area contributed by atoms with Crippen LogP contribution in [0.25, 0.3) is 0 Å². The van der Waals surface area contributed by atoms with Gasteiger partial charge in [0.25, 0.3) is 5.91 Å². The van der Waals surface area contributed by atoms with Gasteiger partial charge in [0.2, 0.25) is 5.75 Å². The smallest absolute Gasteiger partial charge is 0.315 e. The number of phenolic OH excluding ortho intramolecular Hbond substituents is 2. The fourth-order valence-electron chi connectivity index (χ4n) is 1.86. The van der Waals surface area contributed by atoms with Gasteiger partial charge < -0.3 is 14.9 Å². The van der Waals surface area contributed by atoms with E-state index >= 15 is 0 Å². The van der Waals surface area contributed by atoms with Crippen LogP contribution in [-0.2, 0) is 0 Å². The van der Waals surface area contributed by atoms with E-state index < -0.39 is 22.3 Å². The molecular weight excluding hydrogens is 318 g/mol. The molecule has 9 heteroatoms. The Hall–Kier alpha value is -3.62. The Morgan fingerprint density at radius 3 is 2.71 bits per heavy atom. The highest BCUT2D eigenvalue weighted by Gasteiger charge is 2.19. The molecule has 1 amide bonds. The lowest BCUT2D eigenvalue weighted by Crippen LogP contribution is -2.17. The van der Waals surface area contributed by atoms with Gasteiger partial charge in [-0.25, -0.2) is 5.43 Å². The fourth-order valence-corrected chi connectivity index (χ4v) is 1.86. The molecular formula is C15H13N3O6. The molecule has 0 radical (unpaired) electrons. The van der Waals surface area contributed by atoms with Gasteiger partial charge in [0.1, 0.15) is 5.75 Å². The number of nitro benzene ring substituents is 1. The summed E-state index contributed by atoms with van der Waals surface area (Å²) in [5.41, 5.74) is 2.11. The summed E-state index contributed by atoms with van der Waals surface area (Å²) >= 11 is 0. The third-order valence-electron chi connectivity index (χ3n) is 2.98. The maximum absolute atomic E-state index is 11.8. The zero-order valence-electron chi connectivity index (χ0n) is 12.5. The van der Waals surface area contributed by atoms with Gasteiger partial charge >= 0.3 is 5.69 Å². The van der Waals surface area contributed by atoms with E-state index in [2.05, 4.69) is 10.5 Å². The lowest BCUT2D eigenvalue weighted by atomic mass is 10.2. The Kier molecular flexibility index (Phi) is 4.95. The van der Waals surface area contributed by atoms with Crippen molar-refractivity contribution in [2.24, 2.45) is 5.10 Å². The molecule has 0 aliphatic rings. The number of carbonyl (C=O) groups is 1. The van der Waals surface area contributed by atoms with E-state index in [0.29, 0.717) is 0 Å². The van der Waals surface area contributed by atoms with Crippen LogP contribution < -0.4 is 10.2 Å². The van der Waals surface area contributed by atoms with Crippen molar-refractivity contribution in [3.8, 4) is 17.2 Å². The van der Waals surface area contributed by atoms with Gasteiger partial charge in [0.05, 0.1) is 18.2 Å². The Balaban J connectivity index is 2.18. The van der Waals surface area contributed by atoms with Gasteiger partial charge in [-0.2, -0.15) is 5.10 Å². The van der Waals surface area contributed by atoms with Gasteiger partial charge in [-0.3, -0.25) is 14.9 Å². The zero-order chi connectivity index (χ0) is 17.7. The van der Waals surface area contributed by atoms with Crippen molar-refractivity contribution in [2.45, 2.75) is 0 Å². The zero-order valence-corrected chi connectivity index (χ0v) is 12.5. The summed E-state index contributed by atoms with van der Waals surface area (Å²) in [5.74, 6) is -1.32. The largest absolute Gasteiger partial charge is 0.508 e. The van der Waals surface area contributed by atoms with Crippen molar-refractivity contribution in [2.75, 3.05) is 7.11 Å². The number of phenols is 2. The first-order valence-corrected chi connectivity index (χ1v) is 6.60. The van der Waals surface area contributed by atoms with Gasteiger partial charge in [0, 0.05) is 17.2 Å². The van der Waals surface area contributed by atoms with Crippen molar-refractivity contribution in [1.82, 2.24) is 5.43 Å². The molecule has 2 rings (SSSR count). The second-order valence-corrected chi connectivity index (χ2v) is 4.60. The molecule has 0 aromatic heterocycles. The first-order valence-electron chi connectivity index (χ1n) is 6.60. The average Bonchev–Trinajstić information content (AvgIpc) is 2.55. The minimum absolute atomic E-state index is 0.0643. The van der Waals surface area contributed by atoms with E-state index in [-0.39, 0.29) is 22.6 Å². The molecule has 0 saturated heterocycles. The molecule has 0 aliphatic heterocycles. The van der Waals surface area contributed by atoms with E-state index in [4.69, 9.17) is 4.74 Å². The molecule has 0 spiro atoms. The summed E-state index contributed by atoms with van der Waals surface area (Å²) in [4.78, 5) is 22.0. The molecule has 0 unspecified atom stereocenters. The van der Waals surface area contributed by atoms with Gasteiger partial charge in [-0.15, -0.1) is 0 Å². The second kappa shape index (κ2) is 7.09. The lowest BCUT2D eigenvalue weighted by molar-refractivity contribution is -0.386. The van der Waals surface area contributed by atoms with Crippen molar-refractivity contribution in [3.05, 3.63) is 57.6 Å². The number of ether oxygens (including phenoxy) is 1. The van der Waals surface area contributed by atoms with E-state index in [9.17, 15) is 25.1 Å². The normalized spacial score (nSPS) is 10.5. The predicted octanol–water partition coefficient (Wildman–Crippen LogP) is 1.78. The molecule has 0 atom stereocenters. The highest BCUT2D eigenvalue weighted by atomic mass is 16.6. The van der Waals surface area contributed by atoms with Crippen LogP contribution in [0, 0.1) is 10.1 Å². The van der Waals surface area contributed by atoms with Crippen LogP contribution in [0.2, 0.25) is 0 Å². The number of rotatable bonds is 5. The second-order valence-electron chi connectivity index (χ2n) is 4.60. The molecule has 0 saturated carbocycles. The number of nitrogens with zero attached hydrogens (tertiary/aromatic N) is 2. The van der Waals surface area contributed by atoms with Crippen LogP contribution in [0.4, 0.5) is 5.69 Å². The first kappa shape index (κ1) is 16.7. The molecule has 0 bridgehead atoms. The standard InChI is InChI=1S/C15H13N3O6/c1-24-13-6-9(5-12(14(13)20)18(22)23)8-16-17-15(21)10-3-2-4-11(19)7-10/h2-8,19-20H,1H3,(H,17,21)/b16-8+. The number of nitro groups is 1. The molecule has 2 aromatic carbocycles. The fraction of sp³-hybridized carbons (Fsp3) is 0.0667. The molecule has 24 heavy (non-hydrogen) atoms. The summed E-state index contributed by atoms with van der Waals surface area (Å²) in [6, 6.07) is 8.08. The molecule has 0 fully saturated rings. The Bertz CT molecular complexity index is 819. The first-order chi connectivity index (χ1) is 11.4. The van der Waals surface area contributed by atoms with E-state index in [1.54, 1.807) is 0 Å². The SMILES string of the molecule is COc1cc(/C=N/NC(=O)c2cccc(O)c2)cc([N+](=O)[O-])c1O. The van der Waals surface area contributed by atoms with Gasteiger partial charge in [-0.1, -0.05) is 6.07 Å². The molecule has 124 valence electrons. The maximum atomic E-state index is 11.8. The highest BCUT2D eigenvalue weighted by molar-refractivity contribution is 5.95. The summed E-state index contributed by atoms with van der Waals surface area (Å²) < 4.78 is 4.86. The molecule has 9 nitrogen and oxygen atoms in total. The van der Waals surface area contributed by atoms with Crippen LogP contribution in [0.15, 0.2) is 41.5 Å². The topological polar surface area (TPSA) is 134 Å². The average molecular weight is 331 g/mol. The predicted molar refractivity (Wildman–Crippen MR) is 84.5 cm³/mol. The summed E-state index contributed by atoms with van der Waals surface area (Å²) in [6.07, 6.45) is 1.16. The highest BCUT2D eigenvalue weighted by Crippen LogP contribution is 2.36. The van der Waals surface area contributed by atoms with Crippen molar-refractivity contribution in [3.63, 3.8) is 0 Å². The van der Waals surface area contributed by atoms with E-state index in [0.717, 1.165) is 12.3 Å². The summed E-state index contributed by atoms with van der Waals surface area (Å²) in [5, 5.41) is 33.6. The molecule has 0 heterocycles. The van der Waals surface area contributed by atoms with Gasteiger partial charge in [-0.05, 0) is 24.3 Å². The summed E-state index contributed by atoms with van der Waals surface area (Å²) in [6.45, 7) is 0. The number of methoxy groups -OCH3 is 1. The number of hydrogen-bond acceptors (Lipinski definition) is 7. The molecule has 0 aliphatic carbocycles. The van der Waals surface area contributed by atoms with E-state index in [1.165, 1.54) is 37.4 Å². The Labute approximate surface area is 136 Å². The third kappa shape index (κ3) is 3.77. The molecule has 3 N–H and O–H groups in total. The molecule has 2 aromatic rings. The summed E-state index contributed by atoms with van der Waals surface area (Å²) in [7, 11) is 1.25. The van der Waals surface area contributed by atoms with Gasteiger partial charge in [0.15, 0.2) is 5.75 Å². The third-order valence-corrected chi connectivity index (χ3v) is 2.98. The Morgan fingerprint density at radius 2 is 2.08 bits per heavy atom. The van der Waals surface area contributed by atoms with Crippen LogP contribution in [0.5, 0.6) is 17.2 Å². The van der Waals surface area contributed by atoms with Crippen LogP contribution in [0.3, 0.4) is 0 Å². The number of amides is 1. The quantitative estimate of drug-likeness (QED) is 0.434. The van der Waals surface area contributed by atoms with E-state index in [1.807, 2.05) is 0 Å². The van der Waals surface area contributed by atoms with Crippen LogP contribution in [-0.4, -0.2) is 34.4 Å². The number of carbonyl (C=O) groups excluding carboxylic acids is 1. The number of hydrogen-bond donors (Lipinski definition) is 3. The Morgan fingerprint density at radius 1 is 1.33 bits per heavy atom. The number of aromatic hydroxyl groups is 2. The van der Waals surface area contributed by atoms with Crippen molar-refractivity contribution < 1.29 is 24.7 Å².